The van der Waals surface area contributed by atoms with E-state index in [1.807, 2.05) is 0 Å². The zero-order valence-corrected chi connectivity index (χ0v) is 10.3. The molecule has 0 aromatic rings. The predicted molar refractivity (Wildman–Crippen MR) is 62.6 cm³/mol. The fourth-order valence-electron chi connectivity index (χ4n) is 2.08. The molecule has 1 aliphatic rings. The van der Waals surface area contributed by atoms with E-state index in [0.29, 0.717) is 0 Å². The third kappa shape index (κ3) is 4.97. The lowest BCUT2D eigenvalue weighted by Crippen LogP contribution is -2.43. The Labute approximate surface area is 89.1 Å². The Morgan fingerprint density at radius 1 is 1.36 bits per heavy atom. The summed E-state index contributed by atoms with van der Waals surface area (Å²) in [5, 5.41) is 3.54. The maximum atomic E-state index is 3.54. The van der Waals surface area contributed by atoms with Gasteiger partial charge in [-0.25, -0.2) is 0 Å². The summed E-state index contributed by atoms with van der Waals surface area (Å²) >= 11 is 0. The largest absolute Gasteiger partial charge is 0.311 e. The molecule has 0 aromatic carbocycles. The summed E-state index contributed by atoms with van der Waals surface area (Å²) in [6.07, 6.45) is 2.81. The van der Waals surface area contributed by atoms with Gasteiger partial charge in [0.05, 0.1) is 0 Å². The summed E-state index contributed by atoms with van der Waals surface area (Å²) in [6, 6.07) is 0. The minimum Gasteiger partial charge on any atom is -0.311 e. The molecular formula is C12H26N2. The van der Waals surface area contributed by atoms with Crippen LogP contribution in [0.3, 0.4) is 0 Å². The maximum absolute atomic E-state index is 3.54. The minimum atomic E-state index is 0.265. The standard InChI is InChI=1S/C12H26N2/c1-11-6-5-8-14(10-11)9-7-13-12(2,3)4/h11,13H,5-10H2,1-4H3/t11-/m1/s1. The van der Waals surface area contributed by atoms with Crippen LogP contribution in [0.15, 0.2) is 0 Å². The van der Waals surface area contributed by atoms with Crippen LogP contribution >= 0.6 is 0 Å². The second-order valence-corrected chi connectivity index (χ2v) is 5.72. The molecule has 1 heterocycles. The van der Waals surface area contributed by atoms with Crippen molar-refractivity contribution in [2.75, 3.05) is 26.2 Å². The first kappa shape index (κ1) is 12.0. The predicted octanol–water partition coefficient (Wildman–Crippen LogP) is 2.11. The van der Waals surface area contributed by atoms with Gasteiger partial charge < -0.3 is 10.2 Å². The maximum Gasteiger partial charge on any atom is 0.0107 e. The summed E-state index contributed by atoms with van der Waals surface area (Å²) in [6.45, 7) is 14.0. The molecular weight excluding hydrogens is 172 g/mol. The Morgan fingerprint density at radius 2 is 2.07 bits per heavy atom. The lowest BCUT2D eigenvalue weighted by molar-refractivity contribution is 0.180. The van der Waals surface area contributed by atoms with Crippen molar-refractivity contribution in [1.82, 2.24) is 10.2 Å². The molecule has 1 saturated heterocycles. The summed E-state index contributed by atoms with van der Waals surface area (Å²) < 4.78 is 0. The fourth-order valence-corrected chi connectivity index (χ4v) is 2.08. The molecule has 1 fully saturated rings. The van der Waals surface area contributed by atoms with E-state index in [4.69, 9.17) is 0 Å². The van der Waals surface area contributed by atoms with Crippen molar-refractivity contribution in [3.8, 4) is 0 Å². The molecule has 0 bridgehead atoms. The van der Waals surface area contributed by atoms with Crippen molar-refractivity contribution in [2.24, 2.45) is 5.92 Å². The number of nitrogens with zero attached hydrogens (tertiary/aromatic N) is 1. The van der Waals surface area contributed by atoms with E-state index in [1.165, 1.54) is 32.5 Å². The SMILES string of the molecule is C[C@@H]1CCCN(CCNC(C)(C)C)C1. The first-order valence-corrected chi connectivity index (χ1v) is 5.95. The van der Waals surface area contributed by atoms with E-state index in [1.54, 1.807) is 0 Å². The molecule has 1 aliphatic heterocycles. The quantitative estimate of drug-likeness (QED) is 0.747. The van der Waals surface area contributed by atoms with E-state index >= 15 is 0 Å². The molecule has 2 nitrogen and oxygen atoms in total. The van der Waals surface area contributed by atoms with Gasteiger partial charge in [-0.15, -0.1) is 0 Å². The number of likely N-dealkylation sites (tertiary alicyclic amines) is 1. The van der Waals surface area contributed by atoms with Crippen molar-refractivity contribution in [3.05, 3.63) is 0 Å². The Hall–Kier alpha value is -0.0800. The van der Waals surface area contributed by atoms with Gasteiger partial charge in [0, 0.05) is 25.2 Å². The third-order valence-corrected chi connectivity index (χ3v) is 2.82. The molecule has 1 rings (SSSR count). The van der Waals surface area contributed by atoms with E-state index in [0.717, 1.165) is 12.5 Å². The van der Waals surface area contributed by atoms with Gasteiger partial charge in [0.25, 0.3) is 0 Å². The molecule has 0 spiro atoms. The summed E-state index contributed by atoms with van der Waals surface area (Å²) in [5.74, 6) is 0.901. The van der Waals surface area contributed by atoms with Gasteiger partial charge in [0.15, 0.2) is 0 Å². The average molecular weight is 198 g/mol. The molecule has 0 aliphatic carbocycles. The van der Waals surface area contributed by atoms with Gasteiger partial charge in [0.2, 0.25) is 0 Å². The average Bonchev–Trinajstić information content (AvgIpc) is 2.01. The first-order valence-electron chi connectivity index (χ1n) is 5.95. The summed E-state index contributed by atoms with van der Waals surface area (Å²) in [5.41, 5.74) is 0.265. The normalized spacial score (nSPS) is 25.3. The minimum absolute atomic E-state index is 0.265. The highest BCUT2D eigenvalue weighted by atomic mass is 15.1. The smallest absolute Gasteiger partial charge is 0.0107 e. The van der Waals surface area contributed by atoms with Gasteiger partial charge in [-0.1, -0.05) is 6.92 Å². The number of piperidine rings is 1. The second-order valence-electron chi connectivity index (χ2n) is 5.72. The zero-order chi connectivity index (χ0) is 10.6. The highest BCUT2D eigenvalue weighted by Gasteiger charge is 2.16. The van der Waals surface area contributed by atoms with E-state index < -0.39 is 0 Å². The number of rotatable bonds is 3. The van der Waals surface area contributed by atoms with Crippen LogP contribution in [0.5, 0.6) is 0 Å². The van der Waals surface area contributed by atoms with E-state index in [9.17, 15) is 0 Å². The van der Waals surface area contributed by atoms with Crippen LogP contribution in [0.25, 0.3) is 0 Å². The molecule has 1 N–H and O–H groups in total. The highest BCUT2D eigenvalue weighted by molar-refractivity contribution is 4.74. The van der Waals surface area contributed by atoms with Crippen LogP contribution < -0.4 is 5.32 Å². The van der Waals surface area contributed by atoms with Crippen LogP contribution in [-0.2, 0) is 0 Å². The van der Waals surface area contributed by atoms with Crippen molar-refractivity contribution < 1.29 is 0 Å². The Kier molecular flexibility index (Phi) is 4.39. The molecule has 0 unspecified atom stereocenters. The van der Waals surface area contributed by atoms with Crippen LogP contribution in [0, 0.1) is 5.92 Å². The first-order chi connectivity index (χ1) is 6.47. The molecule has 0 amide bonds. The molecule has 1 atom stereocenters. The number of hydrogen-bond donors (Lipinski definition) is 1. The monoisotopic (exact) mass is 198 g/mol. The Morgan fingerprint density at radius 3 is 2.64 bits per heavy atom. The van der Waals surface area contributed by atoms with Crippen LogP contribution in [0.1, 0.15) is 40.5 Å². The highest BCUT2D eigenvalue weighted by Crippen LogP contribution is 2.14. The number of hydrogen-bond acceptors (Lipinski definition) is 2. The van der Waals surface area contributed by atoms with Crippen LogP contribution in [-0.4, -0.2) is 36.6 Å². The summed E-state index contributed by atoms with van der Waals surface area (Å²) in [4.78, 5) is 2.59. The van der Waals surface area contributed by atoms with Crippen molar-refractivity contribution in [1.29, 1.82) is 0 Å². The summed E-state index contributed by atoms with van der Waals surface area (Å²) in [7, 11) is 0. The van der Waals surface area contributed by atoms with Gasteiger partial charge in [-0.2, -0.15) is 0 Å². The second kappa shape index (κ2) is 5.13. The Bertz CT molecular complexity index is 160. The zero-order valence-electron chi connectivity index (χ0n) is 10.3. The van der Waals surface area contributed by atoms with Gasteiger partial charge in [-0.05, 0) is 46.1 Å². The topological polar surface area (TPSA) is 15.3 Å². The van der Waals surface area contributed by atoms with Crippen molar-refractivity contribution in [3.63, 3.8) is 0 Å². The van der Waals surface area contributed by atoms with E-state index in [-0.39, 0.29) is 5.54 Å². The fraction of sp³-hybridized carbons (Fsp3) is 1.00. The van der Waals surface area contributed by atoms with Crippen LogP contribution in [0.4, 0.5) is 0 Å². The molecule has 14 heavy (non-hydrogen) atoms. The van der Waals surface area contributed by atoms with Crippen molar-refractivity contribution in [2.45, 2.75) is 46.1 Å². The molecule has 2 heteroatoms. The Balaban J connectivity index is 2.12. The third-order valence-electron chi connectivity index (χ3n) is 2.82. The van der Waals surface area contributed by atoms with Gasteiger partial charge in [-0.3, -0.25) is 0 Å². The lowest BCUT2D eigenvalue weighted by atomic mass is 10.0. The van der Waals surface area contributed by atoms with Gasteiger partial charge in [0.1, 0.15) is 0 Å². The molecule has 0 aromatic heterocycles. The van der Waals surface area contributed by atoms with Gasteiger partial charge >= 0.3 is 0 Å². The lowest BCUT2D eigenvalue weighted by Gasteiger charge is -2.32. The van der Waals surface area contributed by atoms with Crippen LogP contribution in [0.2, 0.25) is 0 Å². The molecule has 0 saturated carbocycles. The van der Waals surface area contributed by atoms with E-state index in [2.05, 4.69) is 37.9 Å². The number of nitrogens with one attached hydrogen (secondary N) is 1. The molecule has 84 valence electrons. The molecule has 0 radical (unpaired) electrons. The van der Waals surface area contributed by atoms with Crippen molar-refractivity contribution >= 4 is 0 Å².